The summed E-state index contributed by atoms with van der Waals surface area (Å²) in [6, 6.07) is 1.86. The lowest BCUT2D eigenvalue weighted by Gasteiger charge is -2.58. The van der Waals surface area contributed by atoms with E-state index in [9.17, 15) is 4.79 Å². The van der Waals surface area contributed by atoms with Gasteiger partial charge in [-0.2, -0.15) is 5.10 Å². The fourth-order valence-electron chi connectivity index (χ4n) is 4.00. The van der Waals surface area contributed by atoms with Gasteiger partial charge in [-0.25, -0.2) is 14.3 Å². The van der Waals surface area contributed by atoms with Gasteiger partial charge in [-0.3, -0.25) is 0 Å². The molecule has 1 aliphatic heterocycles. The molecular weight excluding hydrogens is 294 g/mol. The maximum absolute atomic E-state index is 12.6. The molecule has 4 rings (SSSR count). The molecule has 2 aromatic rings. The van der Waals surface area contributed by atoms with Crippen molar-refractivity contribution in [2.24, 2.45) is 11.3 Å². The van der Waals surface area contributed by atoms with Gasteiger partial charge in [0.25, 0.3) is 0 Å². The van der Waals surface area contributed by atoms with Crippen LogP contribution in [0.5, 0.6) is 0 Å². The highest BCUT2D eigenvalue weighted by Gasteiger charge is 2.60. The summed E-state index contributed by atoms with van der Waals surface area (Å²) in [7, 11) is 0. The molecule has 23 heavy (non-hydrogen) atoms. The van der Waals surface area contributed by atoms with Crippen molar-refractivity contribution in [3.8, 4) is 0 Å². The lowest BCUT2D eigenvalue weighted by atomic mass is 9.57. The monoisotopic (exact) mass is 315 g/mol. The molecule has 0 aromatic carbocycles. The van der Waals surface area contributed by atoms with Crippen LogP contribution in [0.25, 0.3) is 5.65 Å². The molecule has 2 aliphatic rings. The van der Waals surface area contributed by atoms with Gasteiger partial charge in [0, 0.05) is 29.8 Å². The van der Waals surface area contributed by atoms with Crippen molar-refractivity contribution in [2.75, 3.05) is 6.61 Å². The molecule has 2 fully saturated rings. The zero-order chi connectivity index (χ0) is 16.2. The molecule has 3 atom stereocenters. The Morgan fingerprint density at radius 3 is 3.13 bits per heavy atom. The number of carbonyl (C=O) groups is 1. The summed E-state index contributed by atoms with van der Waals surface area (Å²) in [6.07, 6.45) is 5.50. The van der Waals surface area contributed by atoms with Gasteiger partial charge in [0.2, 0.25) is 0 Å². The van der Waals surface area contributed by atoms with Gasteiger partial charge in [-0.1, -0.05) is 13.8 Å². The largest absolute Gasteiger partial charge is 0.458 e. The Labute approximate surface area is 134 Å². The van der Waals surface area contributed by atoms with Crippen molar-refractivity contribution in [3.63, 3.8) is 0 Å². The van der Waals surface area contributed by atoms with E-state index in [1.54, 1.807) is 10.7 Å². The number of carbonyl (C=O) groups excluding carboxylic acids is 1. The zero-order valence-electron chi connectivity index (χ0n) is 13.7. The van der Waals surface area contributed by atoms with Gasteiger partial charge in [-0.15, -0.1) is 0 Å². The number of ether oxygens (including phenoxy) is 2. The van der Waals surface area contributed by atoms with Crippen molar-refractivity contribution in [1.29, 1.82) is 0 Å². The van der Waals surface area contributed by atoms with E-state index >= 15 is 0 Å². The minimum absolute atomic E-state index is 0.111. The molecule has 0 unspecified atom stereocenters. The van der Waals surface area contributed by atoms with E-state index in [0.717, 1.165) is 25.1 Å². The maximum Gasteiger partial charge on any atom is 0.343 e. The normalized spacial score (nSPS) is 28.9. The molecule has 2 aromatic heterocycles. The maximum atomic E-state index is 12.6. The smallest absolute Gasteiger partial charge is 0.343 e. The van der Waals surface area contributed by atoms with Crippen LogP contribution in [0, 0.1) is 18.3 Å². The van der Waals surface area contributed by atoms with E-state index in [2.05, 4.69) is 23.9 Å². The summed E-state index contributed by atoms with van der Waals surface area (Å²) in [5.41, 5.74) is 1.66. The third-order valence-corrected chi connectivity index (χ3v) is 5.19. The van der Waals surface area contributed by atoms with Crippen LogP contribution in [-0.2, 0) is 9.47 Å². The first-order valence-corrected chi connectivity index (χ1v) is 8.12. The van der Waals surface area contributed by atoms with Gasteiger partial charge in [0.15, 0.2) is 5.65 Å². The predicted molar refractivity (Wildman–Crippen MR) is 83.2 cm³/mol. The van der Waals surface area contributed by atoms with Crippen molar-refractivity contribution >= 4 is 11.6 Å². The molecule has 0 radical (unpaired) electrons. The molecular formula is C17H21N3O3. The van der Waals surface area contributed by atoms with Gasteiger partial charge in [0.05, 0.1) is 12.3 Å². The van der Waals surface area contributed by atoms with Crippen molar-refractivity contribution < 1.29 is 14.3 Å². The quantitative estimate of drug-likeness (QED) is 0.796. The van der Waals surface area contributed by atoms with Crippen LogP contribution in [0.3, 0.4) is 0 Å². The number of rotatable bonds is 2. The third-order valence-electron chi connectivity index (χ3n) is 5.19. The molecule has 122 valence electrons. The fourth-order valence-corrected chi connectivity index (χ4v) is 4.00. The van der Waals surface area contributed by atoms with Crippen molar-refractivity contribution in [2.45, 2.75) is 45.8 Å². The van der Waals surface area contributed by atoms with Crippen LogP contribution < -0.4 is 0 Å². The standard InChI is InChI=1S/C17H21N3O3/c1-10-6-7-20-15(19-10)12(9-18-20)16(21)23-14-11-5-4-8-22-13(11)17(14,2)3/h6-7,9,11,13-14H,4-5,8H2,1-3H3/t11-,13-,14+/m0/s1. The number of esters is 1. The Morgan fingerprint density at radius 2 is 2.30 bits per heavy atom. The highest BCUT2D eigenvalue weighted by atomic mass is 16.6. The second kappa shape index (κ2) is 5.03. The number of aryl methyl sites for hydroxylation is 1. The van der Waals surface area contributed by atoms with Gasteiger partial charge in [-0.05, 0) is 25.8 Å². The topological polar surface area (TPSA) is 65.7 Å². The highest BCUT2D eigenvalue weighted by Crippen LogP contribution is 2.53. The van der Waals surface area contributed by atoms with E-state index in [4.69, 9.17) is 9.47 Å². The number of hydrogen-bond acceptors (Lipinski definition) is 5. The minimum atomic E-state index is -0.347. The summed E-state index contributed by atoms with van der Waals surface area (Å²) >= 11 is 0. The molecule has 1 saturated carbocycles. The number of fused-ring (bicyclic) bond motifs is 2. The summed E-state index contributed by atoms with van der Waals surface area (Å²) in [4.78, 5) is 17.0. The fraction of sp³-hybridized carbons (Fsp3) is 0.588. The lowest BCUT2D eigenvalue weighted by Crippen LogP contribution is -2.65. The average Bonchev–Trinajstić information content (AvgIpc) is 2.95. The van der Waals surface area contributed by atoms with E-state index in [0.29, 0.717) is 17.1 Å². The second-order valence-electron chi connectivity index (χ2n) is 7.14. The Morgan fingerprint density at radius 1 is 1.48 bits per heavy atom. The Kier molecular flexibility index (Phi) is 3.20. The van der Waals surface area contributed by atoms with E-state index in [1.165, 1.54) is 6.20 Å². The lowest BCUT2D eigenvalue weighted by molar-refractivity contribution is -0.243. The summed E-state index contributed by atoms with van der Waals surface area (Å²) in [5, 5.41) is 4.18. The second-order valence-corrected chi connectivity index (χ2v) is 7.14. The first kappa shape index (κ1) is 14.6. The van der Waals surface area contributed by atoms with Crippen LogP contribution in [0.2, 0.25) is 0 Å². The minimum Gasteiger partial charge on any atom is -0.458 e. The first-order chi connectivity index (χ1) is 11.0. The highest BCUT2D eigenvalue weighted by molar-refractivity contribution is 5.95. The molecule has 0 amide bonds. The SMILES string of the molecule is Cc1ccn2ncc(C(=O)O[C@@H]3[C@H]4CCCO[C@@H]4C3(C)C)c2n1. The Hall–Kier alpha value is -1.95. The van der Waals surface area contributed by atoms with Crippen LogP contribution in [0.4, 0.5) is 0 Å². The van der Waals surface area contributed by atoms with Crippen LogP contribution in [-0.4, -0.2) is 39.4 Å². The zero-order valence-corrected chi connectivity index (χ0v) is 13.7. The molecule has 6 nitrogen and oxygen atoms in total. The number of hydrogen-bond donors (Lipinski definition) is 0. The van der Waals surface area contributed by atoms with Crippen molar-refractivity contribution in [1.82, 2.24) is 14.6 Å². The van der Waals surface area contributed by atoms with E-state index < -0.39 is 0 Å². The van der Waals surface area contributed by atoms with Crippen molar-refractivity contribution in [3.05, 3.63) is 29.7 Å². The summed E-state index contributed by atoms with van der Waals surface area (Å²) < 4.78 is 13.3. The molecule has 1 saturated heterocycles. The third kappa shape index (κ3) is 2.16. The first-order valence-electron chi connectivity index (χ1n) is 8.12. The molecule has 0 spiro atoms. The van der Waals surface area contributed by atoms with Crippen LogP contribution >= 0.6 is 0 Å². The predicted octanol–water partition coefficient (Wildman–Crippen LogP) is 2.40. The number of aromatic nitrogens is 3. The summed E-state index contributed by atoms with van der Waals surface area (Å²) in [6.45, 7) is 6.91. The van der Waals surface area contributed by atoms with Gasteiger partial charge >= 0.3 is 5.97 Å². The van der Waals surface area contributed by atoms with Crippen LogP contribution in [0.1, 0.15) is 42.7 Å². The summed E-state index contributed by atoms with van der Waals surface area (Å²) in [5.74, 6) is -0.0422. The van der Waals surface area contributed by atoms with Crippen LogP contribution in [0.15, 0.2) is 18.5 Å². The Balaban J connectivity index is 1.58. The number of nitrogens with zero attached hydrogens (tertiary/aromatic N) is 3. The molecule has 0 N–H and O–H groups in total. The molecule has 6 heteroatoms. The van der Waals surface area contributed by atoms with E-state index in [1.807, 2.05) is 13.0 Å². The van der Waals surface area contributed by atoms with Gasteiger partial charge < -0.3 is 9.47 Å². The Bertz CT molecular complexity index is 768. The molecule has 1 aliphatic carbocycles. The molecule has 3 heterocycles. The molecule has 0 bridgehead atoms. The van der Waals surface area contributed by atoms with Gasteiger partial charge in [0.1, 0.15) is 11.7 Å². The average molecular weight is 315 g/mol. The van der Waals surface area contributed by atoms with E-state index in [-0.39, 0.29) is 23.6 Å².